The Labute approximate surface area is 170 Å². The highest BCUT2D eigenvalue weighted by molar-refractivity contribution is 7.12. The summed E-state index contributed by atoms with van der Waals surface area (Å²) in [6, 6.07) is 10.2. The van der Waals surface area contributed by atoms with Crippen molar-refractivity contribution in [1.29, 1.82) is 0 Å². The van der Waals surface area contributed by atoms with E-state index in [2.05, 4.69) is 29.6 Å². The molecule has 0 spiro atoms. The highest BCUT2D eigenvalue weighted by Gasteiger charge is 2.40. The zero-order chi connectivity index (χ0) is 20.1. The van der Waals surface area contributed by atoms with Crippen molar-refractivity contribution < 1.29 is 18.8 Å². The number of hydrogen-bond donors (Lipinski definition) is 1. The third-order valence-electron chi connectivity index (χ3n) is 5.84. The first kappa shape index (κ1) is 20.6. The Morgan fingerprint density at radius 2 is 1.86 bits per heavy atom. The van der Waals surface area contributed by atoms with Gasteiger partial charge in [0.1, 0.15) is 11.4 Å². The summed E-state index contributed by atoms with van der Waals surface area (Å²) in [5, 5.41) is 4.91. The number of carbonyl (C=O) groups is 2. The van der Waals surface area contributed by atoms with Crippen molar-refractivity contribution >= 4 is 28.9 Å². The van der Waals surface area contributed by atoms with Gasteiger partial charge in [-0.2, -0.15) is 0 Å². The maximum atomic E-state index is 13.2. The normalized spacial score (nSPS) is 17.0. The molecule has 150 valence electrons. The smallest absolute Gasteiger partial charge is 0.350 e. The summed E-state index contributed by atoms with van der Waals surface area (Å²) in [5.74, 6) is -0.448. The van der Waals surface area contributed by atoms with Crippen molar-refractivity contribution in [2.24, 2.45) is 0 Å². The molecule has 1 aliphatic heterocycles. The lowest BCUT2D eigenvalue weighted by Gasteiger charge is -2.45. The van der Waals surface area contributed by atoms with Gasteiger partial charge in [-0.05, 0) is 44.1 Å². The Kier molecular flexibility index (Phi) is 6.52. The molecule has 1 aromatic heterocycles. The van der Waals surface area contributed by atoms with Gasteiger partial charge in [0, 0.05) is 5.56 Å². The average molecular weight is 402 g/mol. The molecular formula is C22H29N2O3S+. The molecule has 0 radical (unpaired) electrons. The number of quaternary nitrogens is 1. The number of likely N-dealkylation sites (tertiary alicyclic amines) is 1. The van der Waals surface area contributed by atoms with E-state index in [9.17, 15) is 9.59 Å². The third kappa shape index (κ3) is 4.28. The molecule has 5 nitrogen and oxygen atoms in total. The number of esters is 1. The first-order valence-electron chi connectivity index (χ1n) is 9.84. The van der Waals surface area contributed by atoms with Crippen molar-refractivity contribution in [2.45, 2.75) is 45.7 Å². The van der Waals surface area contributed by atoms with Gasteiger partial charge in [0.2, 0.25) is 0 Å². The van der Waals surface area contributed by atoms with Gasteiger partial charge in [-0.15, -0.1) is 11.3 Å². The van der Waals surface area contributed by atoms with E-state index in [-0.39, 0.29) is 11.9 Å². The van der Waals surface area contributed by atoms with E-state index in [0.29, 0.717) is 10.6 Å². The van der Waals surface area contributed by atoms with E-state index in [1.165, 1.54) is 30.4 Å². The van der Waals surface area contributed by atoms with Crippen LogP contribution >= 0.6 is 11.3 Å². The number of methoxy groups -OCH3 is 1. The molecule has 28 heavy (non-hydrogen) atoms. The molecule has 2 heterocycles. The molecule has 0 saturated carbocycles. The summed E-state index contributed by atoms with van der Waals surface area (Å²) in [6.07, 6.45) is 3.49. The number of hydrogen-bond acceptors (Lipinski definition) is 4. The predicted molar refractivity (Wildman–Crippen MR) is 112 cm³/mol. The molecule has 1 N–H and O–H groups in total. The maximum absolute atomic E-state index is 13.2. The van der Waals surface area contributed by atoms with Crippen LogP contribution in [-0.2, 0) is 16.1 Å². The molecule has 1 saturated heterocycles. The maximum Gasteiger partial charge on any atom is 0.350 e. The SMILES string of the molecule is COC(=O)c1scc(C)c1NC(=O)C(C)[N+]1(Cc2ccccc2)CCCCC1. The predicted octanol–water partition coefficient (Wildman–Crippen LogP) is 4.37. The Morgan fingerprint density at radius 1 is 1.18 bits per heavy atom. The minimum atomic E-state index is -0.410. The quantitative estimate of drug-likeness (QED) is 0.578. The van der Waals surface area contributed by atoms with Gasteiger partial charge in [0.05, 0.1) is 25.9 Å². The van der Waals surface area contributed by atoms with Crippen LogP contribution in [0.4, 0.5) is 5.69 Å². The molecule has 2 aromatic rings. The Bertz CT molecular complexity index is 826. The van der Waals surface area contributed by atoms with E-state index < -0.39 is 5.97 Å². The molecule has 1 aliphatic rings. The number of anilines is 1. The number of benzene rings is 1. The van der Waals surface area contributed by atoms with Crippen LogP contribution in [0.5, 0.6) is 0 Å². The van der Waals surface area contributed by atoms with Crippen molar-refractivity contribution in [1.82, 2.24) is 0 Å². The molecule has 1 aromatic carbocycles. The number of nitrogens with one attached hydrogen (secondary N) is 1. The fraction of sp³-hybridized carbons (Fsp3) is 0.455. The lowest BCUT2D eigenvalue weighted by atomic mass is 10.0. The zero-order valence-corrected chi connectivity index (χ0v) is 17.7. The number of rotatable bonds is 6. The van der Waals surface area contributed by atoms with Crippen LogP contribution in [0.3, 0.4) is 0 Å². The molecule has 1 fully saturated rings. The number of ether oxygens (including phenoxy) is 1. The van der Waals surface area contributed by atoms with Gasteiger partial charge in [-0.25, -0.2) is 4.79 Å². The number of carbonyl (C=O) groups excluding carboxylic acids is 2. The standard InChI is InChI=1S/C22H28N2O3S/c1-16-15-28-20(22(26)27-3)19(16)23-21(25)17(2)24(12-8-5-9-13-24)14-18-10-6-4-7-11-18/h4,6-7,10-11,15,17H,5,8-9,12-14H2,1-3H3/p+1. The van der Waals surface area contributed by atoms with Crippen LogP contribution in [0.25, 0.3) is 0 Å². The minimum Gasteiger partial charge on any atom is -0.465 e. The molecule has 0 aliphatic carbocycles. The Hall–Kier alpha value is -2.18. The number of nitrogens with zero attached hydrogens (tertiary/aromatic N) is 1. The van der Waals surface area contributed by atoms with E-state index >= 15 is 0 Å². The molecule has 0 bridgehead atoms. The van der Waals surface area contributed by atoms with Gasteiger partial charge in [-0.3, -0.25) is 4.79 Å². The summed E-state index contributed by atoms with van der Waals surface area (Å²) in [7, 11) is 1.36. The first-order valence-corrected chi connectivity index (χ1v) is 10.7. The number of thiophene rings is 1. The molecule has 3 rings (SSSR count). The van der Waals surface area contributed by atoms with Gasteiger partial charge in [0.25, 0.3) is 5.91 Å². The van der Waals surface area contributed by atoms with Gasteiger partial charge < -0.3 is 14.5 Å². The molecule has 1 atom stereocenters. The fourth-order valence-corrected chi connectivity index (χ4v) is 5.01. The van der Waals surface area contributed by atoms with Gasteiger partial charge in [0.15, 0.2) is 6.04 Å². The van der Waals surface area contributed by atoms with Crippen LogP contribution in [0.2, 0.25) is 0 Å². The van der Waals surface area contributed by atoms with Crippen molar-refractivity contribution in [3.05, 3.63) is 51.7 Å². The monoisotopic (exact) mass is 401 g/mol. The summed E-state index contributed by atoms with van der Waals surface area (Å²) in [5.41, 5.74) is 2.73. The number of piperidine rings is 1. The molecule has 1 amide bonds. The lowest BCUT2D eigenvalue weighted by Crippen LogP contribution is -2.60. The second-order valence-corrected chi connectivity index (χ2v) is 8.53. The van der Waals surface area contributed by atoms with E-state index in [0.717, 1.165) is 42.5 Å². The average Bonchev–Trinajstić information content (AvgIpc) is 3.08. The Balaban J connectivity index is 1.83. The highest BCUT2D eigenvalue weighted by Crippen LogP contribution is 2.31. The van der Waals surface area contributed by atoms with Crippen LogP contribution < -0.4 is 5.32 Å². The first-order chi connectivity index (χ1) is 13.5. The van der Waals surface area contributed by atoms with Gasteiger partial charge in [-0.1, -0.05) is 30.3 Å². The lowest BCUT2D eigenvalue weighted by molar-refractivity contribution is -0.957. The fourth-order valence-electron chi connectivity index (χ4n) is 4.09. The van der Waals surface area contributed by atoms with Crippen molar-refractivity contribution in [2.75, 3.05) is 25.5 Å². The second-order valence-electron chi connectivity index (χ2n) is 7.65. The highest BCUT2D eigenvalue weighted by atomic mass is 32.1. The van der Waals surface area contributed by atoms with E-state index in [1.54, 1.807) is 0 Å². The van der Waals surface area contributed by atoms with Crippen LogP contribution in [0.1, 0.15) is 47.0 Å². The largest absolute Gasteiger partial charge is 0.465 e. The Morgan fingerprint density at radius 3 is 2.50 bits per heavy atom. The zero-order valence-electron chi connectivity index (χ0n) is 16.9. The van der Waals surface area contributed by atoms with Crippen LogP contribution in [0, 0.1) is 6.92 Å². The van der Waals surface area contributed by atoms with Crippen LogP contribution in [0.15, 0.2) is 35.7 Å². The minimum absolute atomic E-state index is 0.0375. The van der Waals surface area contributed by atoms with E-state index in [4.69, 9.17) is 4.74 Å². The topological polar surface area (TPSA) is 55.4 Å². The third-order valence-corrected chi connectivity index (χ3v) is 6.92. The van der Waals surface area contributed by atoms with Crippen molar-refractivity contribution in [3.8, 4) is 0 Å². The summed E-state index contributed by atoms with van der Waals surface area (Å²) in [6.45, 7) is 6.76. The summed E-state index contributed by atoms with van der Waals surface area (Å²) >= 11 is 1.31. The summed E-state index contributed by atoms with van der Waals surface area (Å²) in [4.78, 5) is 25.7. The van der Waals surface area contributed by atoms with E-state index in [1.807, 2.05) is 25.3 Å². The molecular weight excluding hydrogens is 372 g/mol. The number of aryl methyl sites for hydroxylation is 1. The van der Waals surface area contributed by atoms with Crippen LogP contribution in [-0.4, -0.2) is 42.6 Å². The molecule has 6 heteroatoms. The summed E-state index contributed by atoms with van der Waals surface area (Å²) < 4.78 is 5.62. The van der Waals surface area contributed by atoms with Crippen molar-refractivity contribution in [3.63, 3.8) is 0 Å². The number of amides is 1. The molecule has 1 unspecified atom stereocenters. The second kappa shape index (κ2) is 8.88. The van der Waals surface area contributed by atoms with Gasteiger partial charge >= 0.3 is 5.97 Å².